The summed E-state index contributed by atoms with van der Waals surface area (Å²) in [5.41, 5.74) is 2.58. The maximum Gasteiger partial charge on any atom is 0.152 e. The molecule has 3 atom stereocenters. The third kappa shape index (κ3) is 4.50. The highest BCUT2D eigenvalue weighted by Gasteiger charge is 2.40. The van der Waals surface area contributed by atoms with Crippen LogP contribution in [-0.2, 0) is 5.41 Å². The summed E-state index contributed by atoms with van der Waals surface area (Å²) < 4.78 is 0. The summed E-state index contributed by atoms with van der Waals surface area (Å²) in [5, 5.41) is 19.5. The zero-order chi connectivity index (χ0) is 18.3. The van der Waals surface area contributed by atoms with Gasteiger partial charge in [-0.05, 0) is 41.2 Å². The predicted octanol–water partition coefficient (Wildman–Crippen LogP) is 5.26. The van der Waals surface area contributed by atoms with Crippen molar-refractivity contribution in [3.63, 3.8) is 0 Å². The van der Waals surface area contributed by atoms with Gasteiger partial charge in [-0.2, -0.15) is 0 Å². The molecule has 0 saturated carbocycles. The lowest BCUT2D eigenvalue weighted by Crippen LogP contribution is -2.37. The van der Waals surface area contributed by atoms with Crippen LogP contribution in [0.15, 0.2) is 60.7 Å². The molecule has 2 N–H and O–H groups in total. The SMILES string of the molecule is CCCC(CC)(c1ccccc1)C(C)C(CC(O)O)c1ccccc1. The average molecular weight is 341 g/mol. The second kappa shape index (κ2) is 9.17. The van der Waals surface area contributed by atoms with E-state index in [1.807, 2.05) is 18.2 Å². The summed E-state index contributed by atoms with van der Waals surface area (Å²) in [5.74, 6) is 0.400. The molecule has 2 rings (SSSR count). The van der Waals surface area contributed by atoms with E-state index in [9.17, 15) is 10.2 Å². The molecule has 0 aromatic heterocycles. The molecule has 2 aromatic rings. The third-order valence-electron chi connectivity index (χ3n) is 5.84. The number of aliphatic hydroxyl groups is 2. The molecule has 0 radical (unpaired) electrons. The predicted molar refractivity (Wildman–Crippen MR) is 105 cm³/mol. The molecular formula is C23H32O2. The molecule has 25 heavy (non-hydrogen) atoms. The minimum atomic E-state index is -1.29. The summed E-state index contributed by atoms with van der Waals surface area (Å²) in [4.78, 5) is 0. The Labute approximate surface area is 152 Å². The van der Waals surface area contributed by atoms with Crippen LogP contribution in [0.2, 0.25) is 0 Å². The highest BCUT2D eigenvalue weighted by molar-refractivity contribution is 5.30. The standard InChI is InChI=1S/C23H32O2/c1-4-16-23(5-2,20-14-10-7-11-15-20)18(3)21(17-22(24)25)19-12-8-6-9-13-19/h6-15,18,21-22,24-25H,4-5,16-17H2,1-3H3. The first-order valence-corrected chi connectivity index (χ1v) is 9.51. The highest BCUT2D eigenvalue weighted by atomic mass is 16.5. The lowest BCUT2D eigenvalue weighted by Gasteiger charge is -2.44. The van der Waals surface area contributed by atoms with Crippen molar-refractivity contribution < 1.29 is 10.2 Å². The van der Waals surface area contributed by atoms with Crippen molar-refractivity contribution in [3.05, 3.63) is 71.8 Å². The molecule has 0 saturated heterocycles. The maximum absolute atomic E-state index is 9.73. The fraction of sp³-hybridized carbons (Fsp3) is 0.478. The van der Waals surface area contributed by atoms with Crippen LogP contribution >= 0.6 is 0 Å². The normalized spacial score (nSPS) is 16.4. The van der Waals surface area contributed by atoms with Gasteiger partial charge in [0.15, 0.2) is 6.29 Å². The Balaban J connectivity index is 2.49. The molecule has 2 aromatic carbocycles. The quantitative estimate of drug-likeness (QED) is 0.612. The molecule has 0 spiro atoms. The van der Waals surface area contributed by atoms with Crippen LogP contribution in [0.3, 0.4) is 0 Å². The Kier molecular flexibility index (Phi) is 7.22. The zero-order valence-corrected chi connectivity index (χ0v) is 15.7. The Hall–Kier alpha value is -1.64. The number of hydrogen-bond acceptors (Lipinski definition) is 2. The minimum absolute atomic E-state index is 0.0331. The molecule has 0 amide bonds. The van der Waals surface area contributed by atoms with Crippen molar-refractivity contribution in [1.82, 2.24) is 0 Å². The fourth-order valence-electron chi connectivity index (χ4n) is 4.50. The first-order chi connectivity index (χ1) is 12.0. The molecule has 2 nitrogen and oxygen atoms in total. The van der Waals surface area contributed by atoms with Gasteiger partial charge >= 0.3 is 0 Å². The van der Waals surface area contributed by atoms with Crippen LogP contribution in [0, 0.1) is 5.92 Å². The van der Waals surface area contributed by atoms with Gasteiger partial charge in [-0.25, -0.2) is 0 Å². The largest absolute Gasteiger partial charge is 0.368 e. The van der Waals surface area contributed by atoms with E-state index in [4.69, 9.17) is 0 Å². The number of rotatable bonds is 9. The van der Waals surface area contributed by atoms with Gasteiger partial charge in [0.25, 0.3) is 0 Å². The number of aliphatic hydroxyl groups excluding tert-OH is 1. The van der Waals surface area contributed by atoms with E-state index >= 15 is 0 Å². The fourth-order valence-corrected chi connectivity index (χ4v) is 4.50. The molecule has 0 aliphatic heterocycles. The topological polar surface area (TPSA) is 40.5 Å². The first-order valence-electron chi connectivity index (χ1n) is 9.51. The van der Waals surface area contributed by atoms with Crippen LogP contribution in [0.25, 0.3) is 0 Å². The number of benzene rings is 2. The van der Waals surface area contributed by atoms with Gasteiger partial charge in [0, 0.05) is 6.42 Å². The van der Waals surface area contributed by atoms with Crippen LogP contribution in [0.4, 0.5) is 0 Å². The van der Waals surface area contributed by atoms with E-state index in [-0.39, 0.29) is 11.3 Å². The van der Waals surface area contributed by atoms with E-state index < -0.39 is 6.29 Å². The summed E-state index contributed by atoms with van der Waals surface area (Å²) in [7, 11) is 0. The molecule has 0 aliphatic carbocycles. The Bertz CT molecular complexity index is 609. The lowest BCUT2D eigenvalue weighted by atomic mass is 9.61. The maximum atomic E-state index is 9.73. The van der Waals surface area contributed by atoms with Crippen molar-refractivity contribution in [2.45, 2.75) is 64.1 Å². The monoisotopic (exact) mass is 340 g/mol. The smallest absolute Gasteiger partial charge is 0.152 e. The zero-order valence-electron chi connectivity index (χ0n) is 15.7. The summed E-state index contributed by atoms with van der Waals surface area (Å²) >= 11 is 0. The third-order valence-corrected chi connectivity index (χ3v) is 5.84. The summed E-state index contributed by atoms with van der Waals surface area (Å²) in [6, 6.07) is 21.1. The van der Waals surface area contributed by atoms with Crippen molar-refractivity contribution >= 4 is 0 Å². The van der Waals surface area contributed by atoms with E-state index in [0.717, 1.165) is 19.3 Å². The van der Waals surface area contributed by atoms with E-state index in [1.165, 1.54) is 11.1 Å². The van der Waals surface area contributed by atoms with Crippen LogP contribution in [0.1, 0.15) is 63.5 Å². The van der Waals surface area contributed by atoms with Gasteiger partial charge in [-0.3, -0.25) is 0 Å². The Morgan fingerprint density at radius 1 is 0.880 bits per heavy atom. The Morgan fingerprint density at radius 3 is 1.92 bits per heavy atom. The molecule has 136 valence electrons. The molecule has 0 aliphatic rings. The van der Waals surface area contributed by atoms with Crippen molar-refractivity contribution in [2.24, 2.45) is 5.92 Å². The van der Waals surface area contributed by atoms with Crippen molar-refractivity contribution in [1.29, 1.82) is 0 Å². The van der Waals surface area contributed by atoms with Gasteiger partial charge in [0.1, 0.15) is 0 Å². The lowest BCUT2D eigenvalue weighted by molar-refractivity contribution is -0.0558. The number of hydrogen-bond donors (Lipinski definition) is 2. The van der Waals surface area contributed by atoms with Gasteiger partial charge in [-0.1, -0.05) is 87.9 Å². The van der Waals surface area contributed by atoms with Gasteiger partial charge in [0.05, 0.1) is 0 Å². The molecular weight excluding hydrogens is 308 g/mol. The van der Waals surface area contributed by atoms with Gasteiger partial charge in [0.2, 0.25) is 0 Å². The Morgan fingerprint density at radius 2 is 1.44 bits per heavy atom. The second-order valence-electron chi connectivity index (χ2n) is 7.15. The highest BCUT2D eigenvalue weighted by Crippen LogP contribution is 2.47. The molecule has 3 unspecified atom stereocenters. The van der Waals surface area contributed by atoms with Crippen molar-refractivity contribution in [3.8, 4) is 0 Å². The second-order valence-corrected chi connectivity index (χ2v) is 7.15. The van der Waals surface area contributed by atoms with E-state index in [2.05, 4.69) is 63.2 Å². The molecule has 2 heteroatoms. The summed E-state index contributed by atoms with van der Waals surface area (Å²) in [6.07, 6.45) is 2.32. The molecule has 0 fully saturated rings. The molecule has 0 heterocycles. The van der Waals surface area contributed by atoms with Crippen LogP contribution in [0.5, 0.6) is 0 Å². The average Bonchev–Trinajstić information content (AvgIpc) is 2.65. The van der Waals surface area contributed by atoms with Crippen LogP contribution in [-0.4, -0.2) is 16.5 Å². The van der Waals surface area contributed by atoms with E-state index in [1.54, 1.807) is 0 Å². The summed E-state index contributed by atoms with van der Waals surface area (Å²) in [6.45, 7) is 6.78. The first kappa shape index (κ1) is 19.7. The van der Waals surface area contributed by atoms with E-state index in [0.29, 0.717) is 12.3 Å². The van der Waals surface area contributed by atoms with Crippen LogP contribution < -0.4 is 0 Å². The minimum Gasteiger partial charge on any atom is -0.368 e. The van der Waals surface area contributed by atoms with Crippen molar-refractivity contribution in [2.75, 3.05) is 0 Å². The van der Waals surface area contributed by atoms with Gasteiger partial charge < -0.3 is 10.2 Å². The molecule has 0 bridgehead atoms. The van der Waals surface area contributed by atoms with Gasteiger partial charge in [-0.15, -0.1) is 0 Å².